The van der Waals surface area contributed by atoms with Crippen LogP contribution in [0.25, 0.3) is 10.9 Å². The van der Waals surface area contributed by atoms with E-state index in [2.05, 4.69) is 4.98 Å². The maximum atomic E-state index is 13.6. The molecule has 1 aromatic heterocycles. The number of aromatic nitrogens is 1. The molecule has 0 N–H and O–H groups in total. The minimum Gasteiger partial charge on any atom is -0.462 e. The minimum absolute atomic E-state index is 0.144. The van der Waals surface area contributed by atoms with Gasteiger partial charge in [-0.25, -0.2) is 9.18 Å². The lowest BCUT2D eigenvalue weighted by Crippen LogP contribution is -2.14. The minimum atomic E-state index is -0.533. The van der Waals surface area contributed by atoms with Gasteiger partial charge in [-0.1, -0.05) is 0 Å². The fourth-order valence-corrected chi connectivity index (χ4v) is 3.50. The molecule has 0 spiro atoms. The van der Waals surface area contributed by atoms with Gasteiger partial charge < -0.3 is 4.74 Å². The smallest absolute Gasteiger partial charge is 0.348 e. The maximum absolute atomic E-state index is 13.6. The molecular formula is C20H19FN2O2. The zero-order valence-electron chi connectivity index (χ0n) is 14.1. The monoisotopic (exact) mass is 338 g/mol. The Bertz CT molecular complexity index is 873. The quantitative estimate of drug-likeness (QED) is 0.472. The summed E-state index contributed by atoms with van der Waals surface area (Å²) in [6.45, 7) is 1.98. The largest absolute Gasteiger partial charge is 0.462 e. The van der Waals surface area contributed by atoms with Crippen LogP contribution in [0.1, 0.15) is 44.1 Å². The summed E-state index contributed by atoms with van der Waals surface area (Å²) in [6, 6.07) is 8.57. The molecule has 1 aliphatic rings. The number of nitrogens with zero attached hydrogens (tertiary/aromatic N) is 2. The van der Waals surface area contributed by atoms with Crippen LogP contribution in [0.4, 0.5) is 4.39 Å². The molecule has 1 heterocycles. The SMILES string of the molecule is CCOC(=O)C(C#N)=C1CCC(c2ccnc3ccc(F)cc23)CC1. The number of ether oxygens (including phenoxy) is 1. The van der Waals surface area contributed by atoms with Crippen LogP contribution in [0.5, 0.6) is 0 Å². The van der Waals surface area contributed by atoms with Gasteiger partial charge in [0.15, 0.2) is 0 Å². The third kappa shape index (κ3) is 3.53. The highest BCUT2D eigenvalue weighted by molar-refractivity contribution is 5.93. The van der Waals surface area contributed by atoms with Crippen LogP contribution in [0, 0.1) is 17.1 Å². The van der Waals surface area contributed by atoms with E-state index in [1.807, 2.05) is 12.1 Å². The first-order valence-corrected chi connectivity index (χ1v) is 8.47. The molecule has 25 heavy (non-hydrogen) atoms. The molecule has 5 heteroatoms. The molecule has 1 aliphatic carbocycles. The van der Waals surface area contributed by atoms with E-state index in [0.717, 1.165) is 34.9 Å². The highest BCUT2D eigenvalue weighted by atomic mass is 19.1. The van der Waals surface area contributed by atoms with Crippen molar-refractivity contribution in [2.45, 2.75) is 38.5 Å². The van der Waals surface area contributed by atoms with E-state index >= 15 is 0 Å². The van der Waals surface area contributed by atoms with Crippen molar-refractivity contribution in [3.05, 3.63) is 53.0 Å². The number of carbonyl (C=O) groups is 1. The van der Waals surface area contributed by atoms with E-state index in [9.17, 15) is 14.4 Å². The maximum Gasteiger partial charge on any atom is 0.348 e. The van der Waals surface area contributed by atoms with Crippen LogP contribution in [0.3, 0.4) is 0 Å². The Morgan fingerprint density at radius 1 is 1.36 bits per heavy atom. The highest BCUT2D eigenvalue weighted by Gasteiger charge is 2.25. The summed E-state index contributed by atoms with van der Waals surface area (Å²) in [5, 5.41) is 10.1. The highest BCUT2D eigenvalue weighted by Crippen LogP contribution is 2.39. The van der Waals surface area contributed by atoms with Gasteiger partial charge in [0.2, 0.25) is 0 Å². The third-order valence-electron chi connectivity index (χ3n) is 4.71. The second-order valence-electron chi connectivity index (χ2n) is 6.15. The first kappa shape index (κ1) is 17.1. The fourth-order valence-electron chi connectivity index (χ4n) is 3.50. The fraction of sp³-hybridized carbons (Fsp3) is 0.350. The van der Waals surface area contributed by atoms with Gasteiger partial charge >= 0.3 is 5.97 Å². The van der Waals surface area contributed by atoms with Gasteiger partial charge in [-0.2, -0.15) is 5.26 Å². The Morgan fingerprint density at radius 3 is 2.80 bits per heavy atom. The zero-order valence-corrected chi connectivity index (χ0v) is 14.1. The molecule has 3 rings (SSSR count). The first-order chi connectivity index (χ1) is 12.1. The number of halogens is 1. The molecule has 2 aromatic rings. The molecule has 0 saturated heterocycles. The van der Waals surface area contributed by atoms with Crippen LogP contribution in [0.2, 0.25) is 0 Å². The Balaban J connectivity index is 1.85. The molecule has 0 atom stereocenters. The van der Waals surface area contributed by atoms with Crippen molar-refractivity contribution in [1.29, 1.82) is 5.26 Å². The van der Waals surface area contributed by atoms with Crippen LogP contribution >= 0.6 is 0 Å². The van der Waals surface area contributed by atoms with Crippen molar-refractivity contribution < 1.29 is 13.9 Å². The number of carbonyl (C=O) groups excluding carboxylic acids is 1. The molecule has 1 saturated carbocycles. The van der Waals surface area contributed by atoms with Crippen molar-refractivity contribution in [2.75, 3.05) is 6.61 Å². The lowest BCUT2D eigenvalue weighted by Gasteiger charge is -2.25. The second-order valence-corrected chi connectivity index (χ2v) is 6.15. The average molecular weight is 338 g/mol. The summed E-state index contributed by atoms with van der Waals surface area (Å²) in [7, 11) is 0. The lowest BCUT2D eigenvalue weighted by atomic mass is 9.79. The van der Waals surface area contributed by atoms with Crippen molar-refractivity contribution in [3.63, 3.8) is 0 Å². The number of fused-ring (bicyclic) bond motifs is 1. The molecule has 128 valence electrons. The second kappa shape index (κ2) is 7.43. The lowest BCUT2D eigenvalue weighted by molar-refractivity contribution is -0.138. The molecule has 1 fully saturated rings. The van der Waals surface area contributed by atoms with E-state index in [4.69, 9.17) is 4.74 Å². The Labute approximate surface area is 145 Å². The van der Waals surface area contributed by atoms with Crippen LogP contribution < -0.4 is 0 Å². The van der Waals surface area contributed by atoms with Gasteiger partial charge in [-0.3, -0.25) is 4.98 Å². The summed E-state index contributed by atoms with van der Waals surface area (Å²) < 4.78 is 18.6. The van der Waals surface area contributed by atoms with E-state index in [1.54, 1.807) is 19.2 Å². The Morgan fingerprint density at radius 2 is 2.12 bits per heavy atom. The standard InChI is InChI=1S/C20H19FN2O2/c1-2-25-20(24)18(12-22)14-5-3-13(4-6-14)16-9-10-23-19-8-7-15(21)11-17(16)19/h7-11,13H,2-6H2,1H3. The van der Waals surface area contributed by atoms with Crippen LogP contribution in [-0.2, 0) is 9.53 Å². The Hall–Kier alpha value is -2.74. The van der Waals surface area contributed by atoms with Crippen molar-refractivity contribution in [2.24, 2.45) is 0 Å². The third-order valence-corrected chi connectivity index (χ3v) is 4.71. The van der Waals surface area contributed by atoms with Gasteiger partial charge in [0.1, 0.15) is 17.5 Å². The van der Waals surface area contributed by atoms with Gasteiger partial charge in [0.25, 0.3) is 0 Å². The van der Waals surface area contributed by atoms with Crippen molar-refractivity contribution in [1.82, 2.24) is 4.98 Å². The van der Waals surface area contributed by atoms with Crippen molar-refractivity contribution >= 4 is 16.9 Å². The number of hydrogen-bond acceptors (Lipinski definition) is 4. The average Bonchev–Trinajstić information content (AvgIpc) is 2.63. The number of benzene rings is 1. The van der Waals surface area contributed by atoms with Gasteiger partial charge in [0.05, 0.1) is 12.1 Å². The summed E-state index contributed by atoms with van der Waals surface area (Å²) in [5.74, 6) is -0.541. The molecule has 0 radical (unpaired) electrons. The predicted molar refractivity (Wildman–Crippen MR) is 92.2 cm³/mol. The Kier molecular flexibility index (Phi) is 5.08. The number of pyridine rings is 1. The molecule has 4 nitrogen and oxygen atoms in total. The number of nitriles is 1. The zero-order chi connectivity index (χ0) is 17.8. The molecule has 0 amide bonds. The first-order valence-electron chi connectivity index (χ1n) is 8.47. The van der Waals surface area contributed by atoms with Gasteiger partial charge in [-0.05, 0) is 73.9 Å². The molecular weight excluding hydrogens is 319 g/mol. The van der Waals surface area contributed by atoms with E-state index in [-0.39, 0.29) is 23.9 Å². The molecule has 1 aromatic carbocycles. The molecule has 0 unspecified atom stereocenters. The van der Waals surface area contributed by atoms with Gasteiger partial charge in [-0.15, -0.1) is 0 Å². The van der Waals surface area contributed by atoms with Crippen molar-refractivity contribution in [3.8, 4) is 6.07 Å². The number of esters is 1. The van der Waals surface area contributed by atoms with E-state index < -0.39 is 5.97 Å². The number of rotatable bonds is 3. The number of allylic oxidation sites excluding steroid dienone is 1. The topological polar surface area (TPSA) is 63.0 Å². The van der Waals surface area contributed by atoms with E-state index in [1.165, 1.54) is 12.1 Å². The van der Waals surface area contributed by atoms with Crippen LogP contribution in [-0.4, -0.2) is 17.6 Å². The number of hydrogen-bond donors (Lipinski definition) is 0. The van der Waals surface area contributed by atoms with Crippen LogP contribution in [0.15, 0.2) is 41.6 Å². The van der Waals surface area contributed by atoms with Gasteiger partial charge in [0, 0.05) is 11.6 Å². The summed E-state index contributed by atoms with van der Waals surface area (Å²) in [5.41, 5.74) is 2.87. The summed E-state index contributed by atoms with van der Waals surface area (Å²) in [6.07, 6.45) is 4.72. The predicted octanol–water partition coefficient (Wildman–Crippen LogP) is 4.41. The summed E-state index contributed by atoms with van der Waals surface area (Å²) >= 11 is 0. The molecule has 0 bridgehead atoms. The van der Waals surface area contributed by atoms with E-state index in [0.29, 0.717) is 12.8 Å². The summed E-state index contributed by atoms with van der Waals surface area (Å²) in [4.78, 5) is 16.2. The molecule has 0 aliphatic heterocycles. The normalized spacial score (nSPS) is 17.2.